The van der Waals surface area contributed by atoms with Crippen LogP contribution in [0.1, 0.15) is 44.1 Å². The second-order valence-corrected chi connectivity index (χ2v) is 8.53. The fourth-order valence-electron chi connectivity index (χ4n) is 5.14. The smallest absolute Gasteiger partial charge is 0.193 e. The molecule has 3 fully saturated rings. The molecule has 2 saturated heterocycles. The molecule has 0 spiro atoms. The number of hydrogen-bond donors (Lipinski definition) is 1. The molecule has 7 heteroatoms. The highest BCUT2D eigenvalue weighted by atomic mass is 127. The molecular weight excluding hydrogens is 493 g/mol. The standard InChI is InChI=1S/C23H35N3O3.HI/c1-24-22(26-12-14-29-21(16-26)20-9-6-13-28-20)25-17-23(10-3-4-11-23)18-7-5-8-19(15-18)27-2;/h5,7-8,15,20-21H,3-4,6,9-14,16-17H2,1-2H3,(H,24,25);1H. The monoisotopic (exact) mass is 529 g/mol. The second-order valence-electron chi connectivity index (χ2n) is 8.53. The van der Waals surface area contributed by atoms with Gasteiger partial charge in [0.25, 0.3) is 0 Å². The van der Waals surface area contributed by atoms with Gasteiger partial charge in [0.1, 0.15) is 11.9 Å². The van der Waals surface area contributed by atoms with Gasteiger partial charge >= 0.3 is 0 Å². The van der Waals surface area contributed by atoms with Gasteiger partial charge in [-0.1, -0.05) is 25.0 Å². The number of guanidine groups is 1. The van der Waals surface area contributed by atoms with Crippen molar-refractivity contribution in [1.29, 1.82) is 0 Å². The predicted molar refractivity (Wildman–Crippen MR) is 130 cm³/mol. The molecular formula is C23H36IN3O3. The zero-order valence-corrected chi connectivity index (χ0v) is 20.6. The molecule has 0 bridgehead atoms. The van der Waals surface area contributed by atoms with Crippen molar-refractivity contribution in [3.63, 3.8) is 0 Å². The minimum Gasteiger partial charge on any atom is -0.497 e. The van der Waals surface area contributed by atoms with Crippen LogP contribution in [0.2, 0.25) is 0 Å². The Morgan fingerprint density at radius 3 is 2.70 bits per heavy atom. The van der Waals surface area contributed by atoms with Gasteiger partial charge in [-0.05, 0) is 43.4 Å². The first-order valence-electron chi connectivity index (χ1n) is 11.1. The van der Waals surface area contributed by atoms with E-state index in [1.54, 1.807) is 7.11 Å². The molecule has 1 aliphatic carbocycles. The van der Waals surface area contributed by atoms with E-state index in [0.717, 1.165) is 57.4 Å². The summed E-state index contributed by atoms with van der Waals surface area (Å²) in [5, 5.41) is 3.71. The third-order valence-corrected chi connectivity index (χ3v) is 6.81. The number of rotatable bonds is 5. The molecule has 6 nitrogen and oxygen atoms in total. The summed E-state index contributed by atoms with van der Waals surface area (Å²) < 4.78 is 17.4. The largest absolute Gasteiger partial charge is 0.497 e. The molecule has 1 saturated carbocycles. The van der Waals surface area contributed by atoms with Crippen LogP contribution in [0, 0.1) is 0 Å². The number of aliphatic imine (C=N–C) groups is 1. The Kier molecular flexibility index (Phi) is 8.65. The van der Waals surface area contributed by atoms with Crippen molar-refractivity contribution in [2.45, 2.75) is 56.1 Å². The minimum atomic E-state index is 0. The van der Waals surface area contributed by atoms with Crippen molar-refractivity contribution < 1.29 is 14.2 Å². The Morgan fingerprint density at radius 1 is 1.20 bits per heavy atom. The first kappa shape index (κ1) is 23.6. The normalized spacial score (nSPS) is 26.3. The van der Waals surface area contributed by atoms with E-state index < -0.39 is 0 Å². The summed E-state index contributed by atoms with van der Waals surface area (Å²) in [5.74, 6) is 1.91. The zero-order chi connectivity index (χ0) is 20.1. The number of hydrogen-bond acceptors (Lipinski definition) is 4. The Balaban J connectivity index is 0.00000256. The van der Waals surface area contributed by atoms with Gasteiger partial charge in [-0.25, -0.2) is 0 Å². The van der Waals surface area contributed by atoms with E-state index >= 15 is 0 Å². The Morgan fingerprint density at radius 2 is 2.00 bits per heavy atom. The first-order valence-corrected chi connectivity index (χ1v) is 11.1. The van der Waals surface area contributed by atoms with Crippen LogP contribution in [0.3, 0.4) is 0 Å². The summed E-state index contributed by atoms with van der Waals surface area (Å²) in [4.78, 5) is 6.94. The van der Waals surface area contributed by atoms with Crippen molar-refractivity contribution in [3.05, 3.63) is 29.8 Å². The fourth-order valence-corrected chi connectivity index (χ4v) is 5.14. The number of nitrogens with one attached hydrogen (secondary N) is 1. The Hall–Kier alpha value is -1.06. The van der Waals surface area contributed by atoms with E-state index in [0.29, 0.717) is 0 Å². The van der Waals surface area contributed by atoms with Gasteiger partial charge in [-0.15, -0.1) is 24.0 Å². The molecule has 0 aromatic heterocycles. The van der Waals surface area contributed by atoms with Crippen LogP contribution in [0.5, 0.6) is 5.75 Å². The van der Waals surface area contributed by atoms with Crippen LogP contribution in [-0.4, -0.2) is 70.1 Å². The molecule has 2 atom stereocenters. The Bertz CT molecular complexity index is 703. The number of halogens is 1. The third-order valence-electron chi connectivity index (χ3n) is 6.81. The van der Waals surface area contributed by atoms with Crippen LogP contribution in [0.25, 0.3) is 0 Å². The zero-order valence-electron chi connectivity index (χ0n) is 18.3. The average molecular weight is 529 g/mol. The molecule has 2 unspecified atom stereocenters. The van der Waals surface area contributed by atoms with Crippen molar-refractivity contribution in [2.24, 2.45) is 4.99 Å². The number of ether oxygens (including phenoxy) is 3. The van der Waals surface area contributed by atoms with Gasteiger partial charge in [0.15, 0.2) is 5.96 Å². The molecule has 0 amide bonds. The maximum Gasteiger partial charge on any atom is 0.193 e. The van der Waals surface area contributed by atoms with Crippen LogP contribution in [0.15, 0.2) is 29.3 Å². The van der Waals surface area contributed by atoms with Crippen molar-refractivity contribution in [2.75, 3.05) is 47.0 Å². The van der Waals surface area contributed by atoms with Gasteiger partial charge in [0, 0.05) is 38.7 Å². The number of benzene rings is 1. The summed E-state index contributed by atoms with van der Waals surface area (Å²) in [6.07, 6.45) is 7.56. The molecule has 2 aliphatic heterocycles. The molecule has 168 valence electrons. The minimum absolute atomic E-state index is 0. The number of methoxy groups -OCH3 is 1. The molecule has 4 rings (SSSR count). The van der Waals surface area contributed by atoms with Gasteiger partial charge < -0.3 is 24.4 Å². The number of nitrogens with zero attached hydrogens (tertiary/aromatic N) is 2. The lowest BCUT2D eigenvalue weighted by Crippen LogP contribution is -2.54. The summed E-state index contributed by atoms with van der Waals surface area (Å²) >= 11 is 0. The topological polar surface area (TPSA) is 55.3 Å². The molecule has 1 aromatic carbocycles. The van der Waals surface area contributed by atoms with Crippen LogP contribution < -0.4 is 10.1 Å². The lowest BCUT2D eigenvalue weighted by atomic mass is 9.78. The highest BCUT2D eigenvalue weighted by Crippen LogP contribution is 2.41. The summed E-state index contributed by atoms with van der Waals surface area (Å²) in [7, 11) is 3.62. The molecule has 30 heavy (non-hydrogen) atoms. The van der Waals surface area contributed by atoms with E-state index in [4.69, 9.17) is 14.2 Å². The lowest BCUT2D eigenvalue weighted by molar-refractivity contribution is -0.0817. The fraction of sp³-hybridized carbons (Fsp3) is 0.696. The average Bonchev–Trinajstić information content (AvgIpc) is 3.48. The first-order chi connectivity index (χ1) is 14.2. The summed E-state index contributed by atoms with van der Waals surface area (Å²) in [5.41, 5.74) is 1.52. The van der Waals surface area contributed by atoms with Crippen LogP contribution in [-0.2, 0) is 14.9 Å². The molecule has 1 N–H and O–H groups in total. The quantitative estimate of drug-likeness (QED) is 0.359. The highest BCUT2D eigenvalue weighted by molar-refractivity contribution is 14.0. The Labute approximate surface area is 197 Å². The predicted octanol–water partition coefficient (Wildman–Crippen LogP) is 3.58. The highest BCUT2D eigenvalue weighted by Gasteiger charge is 2.37. The SMILES string of the molecule is CN=C(NCC1(c2cccc(OC)c2)CCCC1)N1CCOC(C2CCCO2)C1.I. The van der Waals surface area contributed by atoms with Crippen LogP contribution >= 0.6 is 24.0 Å². The summed E-state index contributed by atoms with van der Waals surface area (Å²) in [6.45, 7) is 4.20. The second kappa shape index (κ2) is 11.0. The summed E-state index contributed by atoms with van der Waals surface area (Å²) in [6, 6.07) is 8.59. The van der Waals surface area contributed by atoms with Gasteiger partial charge in [-0.2, -0.15) is 0 Å². The van der Waals surface area contributed by atoms with Crippen molar-refractivity contribution in [1.82, 2.24) is 10.2 Å². The van der Waals surface area contributed by atoms with Crippen LogP contribution in [0.4, 0.5) is 0 Å². The van der Waals surface area contributed by atoms with E-state index in [1.807, 2.05) is 13.1 Å². The number of morpholine rings is 1. The third kappa shape index (κ3) is 5.22. The van der Waals surface area contributed by atoms with E-state index in [-0.39, 0.29) is 41.6 Å². The van der Waals surface area contributed by atoms with E-state index in [2.05, 4.69) is 33.4 Å². The molecule has 2 heterocycles. The van der Waals surface area contributed by atoms with Crippen molar-refractivity contribution in [3.8, 4) is 5.75 Å². The maximum absolute atomic E-state index is 6.02. The van der Waals surface area contributed by atoms with Gasteiger partial charge in [0.05, 0.1) is 19.8 Å². The van der Waals surface area contributed by atoms with Gasteiger partial charge in [0.2, 0.25) is 0 Å². The maximum atomic E-state index is 6.02. The lowest BCUT2D eigenvalue weighted by Gasteiger charge is -2.38. The van der Waals surface area contributed by atoms with E-state index in [1.165, 1.54) is 31.2 Å². The molecule has 1 aromatic rings. The van der Waals surface area contributed by atoms with Crippen molar-refractivity contribution >= 4 is 29.9 Å². The molecule has 0 radical (unpaired) electrons. The van der Waals surface area contributed by atoms with E-state index in [9.17, 15) is 0 Å². The molecule has 3 aliphatic rings. The van der Waals surface area contributed by atoms with Gasteiger partial charge in [-0.3, -0.25) is 4.99 Å².